The van der Waals surface area contributed by atoms with E-state index in [1.54, 1.807) is 0 Å². The number of hydrogen-bond acceptors (Lipinski definition) is 3. The second kappa shape index (κ2) is 2.71. The average molecular weight is 135 g/mol. The van der Waals surface area contributed by atoms with Crippen LogP contribution in [0.4, 0.5) is 0 Å². The quantitative estimate of drug-likeness (QED) is 0.437. The molecule has 50 valence electrons. The van der Waals surface area contributed by atoms with Crippen molar-refractivity contribution in [1.29, 1.82) is 0 Å². The van der Waals surface area contributed by atoms with Crippen LogP contribution in [0.25, 0.3) is 0 Å². The molecule has 0 fully saturated rings. The van der Waals surface area contributed by atoms with Crippen molar-refractivity contribution >= 4 is 12.6 Å². The molecule has 0 saturated heterocycles. The summed E-state index contributed by atoms with van der Waals surface area (Å²) >= 11 is 4.15. The Hall–Kier alpha value is 0.270. The largest absolute Gasteiger partial charge is 0.297 e. The van der Waals surface area contributed by atoms with E-state index >= 15 is 0 Å². The topological polar surface area (TPSA) is 35.2 Å². The molecule has 0 heterocycles. The third-order valence-corrected chi connectivity index (χ3v) is 1.93. The molecule has 0 aromatic heterocycles. The Labute approximate surface area is 55.8 Å². The van der Waals surface area contributed by atoms with Crippen LogP contribution in [0.2, 0.25) is 0 Å². The van der Waals surface area contributed by atoms with Gasteiger partial charge in [0.2, 0.25) is 0 Å². The number of rotatable bonds is 2. The standard InChI is InChI=1S/C5H13NOS/c1-4(8)5(2,3)7-6/h4,8H,6H2,1-3H3. The summed E-state index contributed by atoms with van der Waals surface area (Å²) in [7, 11) is 0. The van der Waals surface area contributed by atoms with Crippen LogP contribution in [-0.2, 0) is 4.84 Å². The van der Waals surface area contributed by atoms with E-state index in [4.69, 9.17) is 5.90 Å². The monoisotopic (exact) mass is 135 g/mol. The molecule has 0 amide bonds. The first-order valence-corrected chi connectivity index (χ1v) is 3.08. The van der Waals surface area contributed by atoms with Gasteiger partial charge in [-0.25, -0.2) is 5.90 Å². The summed E-state index contributed by atoms with van der Waals surface area (Å²) in [5.74, 6) is 4.96. The van der Waals surface area contributed by atoms with Gasteiger partial charge in [0.15, 0.2) is 0 Å². The first-order valence-electron chi connectivity index (χ1n) is 2.56. The molecular formula is C5H13NOS. The summed E-state index contributed by atoms with van der Waals surface area (Å²) in [6.07, 6.45) is 0. The van der Waals surface area contributed by atoms with Crippen LogP contribution in [0, 0.1) is 0 Å². The highest BCUT2D eigenvalue weighted by Crippen LogP contribution is 2.16. The van der Waals surface area contributed by atoms with Gasteiger partial charge in [0, 0.05) is 5.25 Å². The number of nitrogens with two attached hydrogens (primary N) is 1. The molecular weight excluding hydrogens is 122 g/mol. The van der Waals surface area contributed by atoms with Crippen LogP contribution < -0.4 is 5.90 Å². The van der Waals surface area contributed by atoms with Crippen LogP contribution in [0.1, 0.15) is 20.8 Å². The fraction of sp³-hybridized carbons (Fsp3) is 1.00. The van der Waals surface area contributed by atoms with Crippen LogP contribution in [-0.4, -0.2) is 10.9 Å². The minimum Gasteiger partial charge on any atom is -0.297 e. The molecule has 2 nitrogen and oxygen atoms in total. The zero-order chi connectivity index (χ0) is 6.78. The molecule has 0 aliphatic carbocycles. The number of thiol groups is 1. The Kier molecular flexibility index (Phi) is 2.80. The third-order valence-electron chi connectivity index (χ3n) is 1.31. The van der Waals surface area contributed by atoms with Gasteiger partial charge >= 0.3 is 0 Å². The predicted molar refractivity (Wildman–Crippen MR) is 37.8 cm³/mol. The molecule has 8 heavy (non-hydrogen) atoms. The maximum absolute atomic E-state index is 4.96. The first-order chi connectivity index (χ1) is 3.50. The molecule has 0 aliphatic heterocycles. The van der Waals surface area contributed by atoms with Crippen molar-refractivity contribution in [3.05, 3.63) is 0 Å². The lowest BCUT2D eigenvalue weighted by Crippen LogP contribution is -2.36. The van der Waals surface area contributed by atoms with E-state index in [-0.39, 0.29) is 10.9 Å². The maximum Gasteiger partial charge on any atom is 0.0950 e. The van der Waals surface area contributed by atoms with Crippen molar-refractivity contribution in [1.82, 2.24) is 0 Å². The third kappa shape index (κ3) is 2.03. The van der Waals surface area contributed by atoms with Gasteiger partial charge in [-0.05, 0) is 13.8 Å². The van der Waals surface area contributed by atoms with E-state index < -0.39 is 0 Å². The number of hydrogen-bond donors (Lipinski definition) is 2. The van der Waals surface area contributed by atoms with Crippen molar-refractivity contribution in [3.63, 3.8) is 0 Å². The van der Waals surface area contributed by atoms with Crippen molar-refractivity contribution in [2.45, 2.75) is 31.6 Å². The molecule has 0 rings (SSSR count). The summed E-state index contributed by atoms with van der Waals surface area (Å²) < 4.78 is 0. The van der Waals surface area contributed by atoms with Crippen molar-refractivity contribution in [2.75, 3.05) is 0 Å². The van der Waals surface area contributed by atoms with Crippen molar-refractivity contribution in [2.24, 2.45) is 5.90 Å². The lowest BCUT2D eigenvalue weighted by Gasteiger charge is -2.24. The van der Waals surface area contributed by atoms with Gasteiger partial charge in [-0.1, -0.05) is 6.92 Å². The molecule has 0 bridgehead atoms. The van der Waals surface area contributed by atoms with E-state index in [0.717, 1.165) is 0 Å². The molecule has 0 spiro atoms. The first kappa shape index (κ1) is 8.27. The normalized spacial score (nSPS) is 16.1. The van der Waals surface area contributed by atoms with E-state index in [1.165, 1.54) is 0 Å². The molecule has 0 aromatic carbocycles. The summed E-state index contributed by atoms with van der Waals surface area (Å²) in [5.41, 5.74) is -0.316. The van der Waals surface area contributed by atoms with Gasteiger partial charge in [0.05, 0.1) is 5.60 Å². The summed E-state index contributed by atoms with van der Waals surface area (Å²) in [6.45, 7) is 5.73. The fourth-order valence-electron chi connectivity index (χ4n) is 0.0985. The van der Waals surface area contributed by atoms with E-state index in [1.807, 2.05) is 20.8 Å². The minimum atomic E-state index is -0.316. The second-order valence-corrected chi connectivity index (χ2v) is 3.17. The molecule has 3 heteroatoms. The molecule has 0 aliphatic rings. The zero-order valence-corrected chi connectivity index (χ0v) is 6.40. The Morgan fingerprint density at radius 2 is 2.00 bits per heavy atom. The summed E-state index contributed by atoms with van der Waals surface area (Å²) in [6, 6.07) is 0. The summed E-state index contributed by atoms with van der Waals surface area (Å²) in [5, 5.41) is 0.160. The van der Waals surface area contributed by atoms with Crippen LogP contribution in [0.5, 0.6) is 0 Å². The van der Waals surface area contributed by atoms with Crippen LogP contribution in [0.15, 0.2) is 0 Å². The van der Waals surface area contributed by atoms with Crippen LogP contribution in [0.3, 0.4) is 0 Å². The maximum atomic E-state index is 4.96. The van der Waals surface area contributed by atoms with Gasteiger partial charge in [0.25, 0.3) is 0 Å². The SMILES string of the molecule is CC(S)C(C)(C)ON. The van der Waals surface area contributed by atoms with Crippen LogP contribution >= 0.6 is 12.6 Å². The Bertz CT molecular complexity index is 72.8. The highest BCUT2D eigenvalue weighted by molar-refractivity contribution is 7.81. The molecule has 1 unspecified atom stereocenters. The molecule has 2 N–H and O–H groups in total. The predicted octanol–water partition coefficient (Wildman–Crippen LogP) is 0.974. The average Bonchev–Trinajstić information content (AvgIpc) is 1.67. The van der Waals surface area contributed by atoms with Crippen molar-refractivity contribution < 1.29 is 4.84 Å². The van der Waals surface area contributed by atoms with Gasteiger partial charge in [-0.3, -0.25) is 4.84 Å². The Balaban J connectivity index is 3.71. The van der Waals surface area contributed by atoms with Gasteiger partial charge in [-0.15, -0.1) is 0 Å². The highest BCUT2D eigenvalue weighted by atomic mass is 32.1. The van der Waals surface area contributed by atoms with Crippen molar-refractivity contribution in [3.8, 4) is 0 Å². The Morgan fingerprint density at radius 3 is 2.00 bits per heavy atom. The van der Waals surface area contributed by atoms with Gasteiger partial charge < -0.3 is 0 Å². The fourth-order valence-corrected chi connectivity index (χ4v) is 0.159. The lowest BCUT2D eigenvalue weighted by atomic mass is 10.1. The van der Waals surface area contributed by atoms with Gasteiger partial charge in [0.1, 0.15) is 0 Å². The second-order valence-electron chi connectivity index (χ2n) is 2.40. The van der Waals surface area contributed by atoms with E-state index in [9.17, 15) is 0 Å². The minimum absolute atomic E-state index is 0.160. The summed E-state index contributed by atoms with van der Waals surface area (Å²) in [4.78, 5) is 4.62. The molecule has 0 radical (unpaired) electrons. The molecule has 0 saturated carbocycles. The Morgan fingerprint density at radius 1 is 1.62 bits per heavy atom. The smallest absolute Gasteiger partial charge is 0.0950 e. The lowest BCUT2D eigenvalue weighted by molar-refractivity contribution is -0.0170. The zero-order valence-electron chi connectivity index (χ0n) is 5.51. The van der Waals surface area contributed by atoms with E-state index in [2.05, 4.69) is 17.5 Å². The van der Waals surface area contributed by atoms with E-state index in [0.29, 0.717) is 0 Å². The van der Waals surface area contributed by atoms with Gasteiger partial charge in [-0.2, -0.15) is 12.6 Å². The molecule has 1 atom stereocenters. The highest BCUT2D eigenvalue weighted by Gasteiger charge is 2.22. The molecule has 0 aromatic rings.